The number of esters is 3. The fourth-order valence-corrected chi connectivity index (χ4v) is 8.79. The molecule has 0 heterocycles. The number of hydrogen-bond donors (Lipinski definition) is 0. The molecule has 0 spiro atoms. The Labute approximate surface area is 411 Å². The van der Waals surface area contributed by atoms with Gasteiger partial charge in [0.25, 0.3) is 0 Å². The van der Waals surface area contributed by atoms with Crippen molar-refractivity contribution in [3.05, 3.63) is 24.3 Å². The molecule has 66 heavy (non-hydrogen) atoms. The molecule has 0 aromatic rings. The summed E-state index contributed by atoms with van der Waals surface area (Å²) in [5.74, 6) is -0.850. The van der Waals surface area contributed by atoms with Crippen molar-refractivity contribution in [2.24, 2.45) is 0 Å². The largest absolute Gasteiger partial charge is 0.462 e. The van der Waals surface area contributed by atoms with Gasteiger partial charge in [-0.1, -0.05) is 283 Å². The molecule has 1 atom stereocenters. The maximum Gasteiger partial charge on any atom is 0.306 e. The average Bonchev–Trinajstić information content (AvgIpc) is 3.31. The molecule has 0 saturated heterocycles. The molecule has 0 aliphatic heterocycles. The van der Waals surface area contributed by atoms with Gasteiger partial charge in [0.05, 0.1) is 0 Å². The lowest BCUT2D eigenvalue weighted by molar-refractivity contribution is -0.167. The summed E-state index contributed by atoms with van der Waals surface area (Å²) in [6.07, 6.45) is 64.6. The van der Waals surface area contributed by atoms with Crippen molar-refractivity contribution in [3.8, 4) is 0 Å². The van der Waals surface area contributed by atoms with Crippen LogP contribution in [0.15, 0.2) is 24.3 Å². The van der Waals surface area contributed by atoms with E-state index < -0.39 is 6.10 Å². The Morgan fingerprint density at radius 3 is 0.833 bits per heavy atom. The lowest BCUT2D eigenvalue weighted by Gasteiger charge is -2.18. The van der Waals surface area contributed by atoms with Gasteiger partial charge >= 0.3 is 17.9 Å². The first-order chi connectivity index (χ1) is 32.5. The topological polar surface area (TPSA) is 78.9 Å². The number of allylic oxidation sites excluding steroid dienone is 4. The van der Waals surface area contributed by atoms with Gasteiger partial charge in [0.15, 0.2) is 6.10 Å². The number of carbonyl (C=O) groups excluding carboxylic acids is 3. The third kappa shape index (κ3) is 52.9. The Kier molecular flexibility index (Phi) is 53.7. The van der Waals surface area contributed by atoms with Crippen LogP contribution in [0.1, 0.15) is 323 Å². The van der Waals surface area contributed by atoms with Crippen molar-refractivity contribution in [2.75, 3.05) is 13.2 Å². The molecule has 0 amide bonds. The predicted octanol–water partition coefficient (Wildman–Crippen LogP) is 19.5. The van der Waals surface area contributed by atoms with Crippen molar-refractivity contribution in [1.82, 2.24) is 0 Å². The standard InChI is InChI=1S/C60H112O6/c1-4-7-10-13-16-19-22-24-26-28-30-32-34-36-38-41-44-47-50-53-59(62)65-56-57(55-64-58(61)52-49-46-43-40-21-18-15-12-9-6-3)66-60(63)54-51-48-45-42-39-37-35-33-31-29-27-25-23-20-17-14-11-8-5-2/h16,19,22,24,57H,4-15,17-18,20-21,23,25-56H2,1-3H3/b19-16-,24-22-. The first-order valence-electron chi connectivity index (χ1n) is 29.4. The average molecular weight is 930 g/mol. The van der Waals surface area contributed by atoms with Crippen molar-refractivity contribution >= 4 is 17.9 Å². The molecule has 0 aromatic carbocycles. The normalized spacial score (nSPS) is 12.1. The van der Waals surface area contributed by atoms with Crippen LogP contribution < -0.4 is 0 Å². The molecule has 0 aromatic heterocycles. The highest BCUT2D eigenvalue weighted by Gasteiger charge is 2.19. The van der Waals surface area contributed by atoms with E-state index in [0.29, 0.717) is 19.3 Å². The second-order valence-electron chi connectivity index (χ2n) is 20.0. The molecule has 0 N–H and O–H groups in total. The fourth-order valence-electron chi connectivity index (χ4n) is 8.79. The summed E-state index contributed by atoms with van der Waals surface area (Å²) in [4.78, 5) is 38.1. The van der Waals surface area contributed by atoms with Gasteiger partial charge in [0.2, 0.25) is 0 Å². The Morgan fingerprint density at radius 2 is 0.530 bits per heavy atom. The minimum Gasteiger partial charge on any atom is -0.462 e. The molecule has 0 saturated carbocycles. The van der Waals surface area contributed by atoms with Crippen LogP contribution >= 0.6 is 0 Å². The van der Waals surface area contributed by atoms with Gasteiger partial charge in [0, 0.05) is 19.3 Å². The predicted molar refractivity (Wildman–Crippen MR) is 284 cm³/mol. The van der Waals surface area contributed by atoms with Crippen molar-refractivity contribution in [3.63, 3.8) is 0 Å². The van der Waals surface area contributed by atoms with Crippen LogP contribution in [0.25, 0.3) is 0 Å². The van der Waals surface area contributed by atoms with Crippen molar-refractivity contribution < 1.29 is 28.6 Å². The first kappa shape index (κ1) is 63.9. The molecule has 1 unspecified atom stereocenters. The van der Waals surface area contributed by atoms with E-state index in [9.17, 15) is 14.4 Å². The van der Waals surface area contributed by atoms with E-state index in [1.54, 1.807) is 0 Å². The Hall–Kier alpha value is -2.11. The summed E-state index contributed by atoms with van der Waals surface area (Å²) in [6, 6.07) is 0. The van der Waals surface area contributed by atoms with Gasteiger partial charge in [0.1, 0.15) is 13.2 Å². The number of ether oxygens (including phenoxy) is 3. The molecule has 6 nitrogen and oxygen atoms in total. The van der Waals surface area contributed by atoms with Gasteiger partial charge < -0.3 is 14.2 Å². The summed E-state index contributed by atoms with van der Waals surface area (Å²) >= 11 is 0. The minimum atomic E-state index is -0.767. The Balaban J connectivity index is 4.25. The van der Waals surface area contributed by atoms with Gasteiger partial charge in [-0.15, -0.1) is 0 Å². The Morgan fingerprint density at radius 1 is 0.303 bits per heavy atom. The second kappa shape index (κ2) is 55.5. The minimum absolute atomic E-state index is 0.0668. The summed E-state index contributed by atoms with van der Waals surface area (Å²) in [7, 11) is 0. The molecular formula is C60H112O6. The van der Waals surface area contributed by atoms with Crippen LogP contribution in [0, 0.1) is 0 Å². The zero-order valence-electron chi connectivity index (χ0n) is 44.5. The van der Waals surface area contributed by atoms with Crippen LogP contribution in [-0.2, 0) is 28.6 Å². The fraction of sp³-hybridized carbons (Fsp3) is 0.883. The molecule has 0 rings (SSSR count). The third-order valence-corrected chi connectivity index (χ3v) is 13.2. The first-order valence-corrected chi connectivity index (χ1v) is 29.4. The summed E-state index contributed by atoms with van der Waals surface area (Å²) in [5.41, 5.74) is 0. The van der Waals surface area contributed by atoms with Gasteiger partial charge in [-0.05, 0) is 44.9 Å². The van der Waals surface area contributed by atoms with E-state index in [1.807, 2.05) is 0 Å². The van der Waals surface area contributed by atoms with Crippen LogP contribution in [0.3, 0.4) is 0 Å². The molecular weight excluding hydrogens is 817 g/mol. The van der Waals surface area contributed by atoms with Crippen LogP contribution in [0.2, 0.25) is 0 Å². The van der Waals surface area contributed by atoms with Crippen molar-refractivity contribution in [2.45, 2.75) is 329 Å². The van der Waals surface area contributed by atoms with E-state index in [0.717, 1.165) is 57.8 Å². The van der Waals surface area contributed by atoms with Crippen LogP contribution in [0.5, 0.6) is 0 Å². The molecule has 0 fully saturated rings. The van der Waals surface area contributed by atoms with Crippen LogP contribution in [-0.4, -0.2) is 37.2 Å². The van der Waals surface area contributed by atoms with Gasteiger partial charge in [-0.3, -0.25) is 14.4 Å². The van der Waals surface area contributed by atoms with E-state index >= 15 is 0 Å². The lowest BCUT2D eigenvalue weighted by Crippen LogP contribution is -2.30. The molecule has 388 valence electrons. The third-order valence-electron chi connectivity index (χ3n) is 13.2. The molecule has 0 bridgehead atoms. The zero-order chi connectivity index (χ0) is 47.9. The molecule has 0 radical (unpaired) electrons. The smallest absolute Gasteiger partial charge is 0.306 e. The highest BCUT2D eigenvalue weighted by molar-refractivity contribution is 5.71. The van der Waals surface area contributed by atoms with Crippen LogP contribution in [0.4, 0.5) is 0 Å². The molecule has 6 heteroatoms. The van der Waals surface area contributed by atoms with E-state index in [4.69, 9.17) is 14.2 Å². The quantitative estimate of drug-likeness (QED) is 0.0262. The summed E-state index contributed by atoms with van der Waals surface area (Å²) in [5, 5.41) is 0. The number of hydrogen-bond acceptors (Lipinski definition) is 6. The zero-order valence-corrected chi connectivity index (χ0v) is 44.5. The molecule has 0 aliphatic carbocycles. The number of carbonyl (C=O) groups is 3. The van der Waals surface area contributed by atoms with Gasteiger partial charge in [-0.25, -0.2) is 0 Å². The summed E-state index contributed by atoms with van der Waals surface area (Å²) < 4.78 is 16.9. The van der Waals surface area contributed by atoms with E-state index in [1.165, 1.54) is 225 Å². The monoisotopic (exact) mass is 929 g/mol. The maximum atomic E-state index is 12.8. The van der Waals surface area contributed by atoms with E-state index in [2.05, 4.69) is 45.1 Å². The maximum absolute atomic E-state index is 12.8. The highest BCUT2D eigenvalue weighted by Crippen LogP contribution is 2.17. The number of rotatable bonds is 54. The highest BCUT2D eigenvalue weighted by atomic mass is 16.6. The van der Waals surface area contributed by atoms with E-state index in [-0.39, 0.29) is 31.1 Å². The Bertz CT molecular complexity index is 1070. The number of unbranched alkanes of at least 4 members (excludes halogenated alkanes) is 40. The second-order valence-corrected chi connectivity index (χ2v) is 20.0. The molecule has 0 aliphatic rings. The SMILES string of the molecule is CCCCC/C=C\C=C/CCCCCCCCCCCCC(=O)OCC(COC(=O)CCCCCCCCCCCC)OC(=O)CCCCCCCCCCCCCCCCCCCCC. The lowest BCUT2D eigenvalue weighted by atomic mass is 10.0. The van der Waals surface area contributed by atoms with Gasteiger partial charge in [-0.2, -0.15) is 0 Å². The van der Waals surface area contributed by atoms with Crippen molar-refractivity contribution in [1.29, 1.82) is 0 Å². The summed E-state index contributed by atoms with van der Waals surface area (Å²) in [6.45, 7) is 6.65.